The molecule has 0 bridgehead atoms. The van der Waals surface area contributed by atoms with Crippen molar-refractivity contribution in [1.29, 1.82) is 0 Å². The van der Waals surface area contributed by atoms with Crippen LogP contribution in [0.2, 0.25) is 0 Å². The summed E-state index contributed by atoms with van der Waals surface area (Å²) in [7, 11) is 1.57. The fourth-order valence-electron chi connectivity index (χ4n) is 1.82. The Bertz CT molecular complexity index is 508. The first-order valence-electron chi connectivity index (χ1n) is 7.53. The summed E-state index contributed by atoms with van der Waals surface area (Å²) in [5.41, 5.74) is -0.906. The fourth-order valence-corrected chi connectivity index (χ4v) is 1.82. The second-order valence-corrected chi connectivity index (χ2v) is 5.00. The molecule has 0 saturated carbocycles. The van der Waals surface area contributed by atoms with Crippen molar-refractivity contribution in [2.45, 2.75) is 25.6 Å². The summed E-state index contributed by atoms with van der Waals surface area (Å²) in [6.07, 6.45) is -4.99. The minimum absolute atomic E-state index is 0.348. The Labute approximate surface area is 139 Å². The van der Waals surface area contributed by atoms with Crippen molar-refractivity contribution in [3.8, 4) is 5.75 Å². The maximum atomic E-state index is 12.9. The van der Waals surface area contributed by atoms with Crippen LogP contribution >= 0.6 is 0 Å². The van der Waals surface area contributed by atoms with Crippen molar-refractivity contribution in [3.05, 3.63) is 29.8 Å². The standard InChI is InChI=1S/C16H22F3NO4/c1-12(15(21)20-8-5-9-23-11-10-22-2)24-14-7-4-3-6-13(14)16(17,18)19/h3-4,6-7,12H,5,8-11H2,1-2H3,(H,20,21)/t12-/m0/s1. The molecule has 0 radical (unpaired) electrons. The van der Waals surface area contributed by atoms with Gasteiger partial charge in [0.2, 0.25) is 0 Å². The van der Waals surface area contributed by atoms with Crippen LogP contribution in [0.1, 0.15) is 18.9 Å². The van der Waals surface area contributed by atoms with Crippen LogP contribution in [0.4, 0.5) is 13.2 Å². The molecule has 5 nitrogen and oxygen atoms in total. The third kappa shape index (κ3) is 7.18. The van der Waals surface area contributed by atoms with Gasteiger partial charge in [-0.25, -0.2) is 0 Å². The minimum atomic E-state index is -4.54. The molecule has 0 saturated heterocycles. The van der Waals surface area contributed by atoms with E-state index in [0.717, 1.165) is 6.07 Å². The summed E-state index contributed by atoms with van der Waals surface area (Å²) >= 11 is 0. The van der Waals surface area contributed by atoms with Crippen LogP contribution in [0.3, 0.4) is 0 Å². The van der Waals surface area contributed by atoms with Gasteiger partial charge in [0.05, 0.1) is 18.8 Å². The number of nitrogens with one attached hydrogen (secondary N) is 1. The number of rotatable bonds is 10. The number of alkyl halides is 3. The Morgan fingerprint density at radius 3 is 2.58 bits per heavy atom. The SMILES string of the molecule is COCCOCCCNC(=O)[C@H](C)Oc1ccccc1C(F)(F)F. The van der Waals surface area contributed by atoms with Crippen molar-refractivity contribution >= 4 is 5.91 Å². The van der Waals surface area contributed by atoms with E-state index in [-0.39, 0.29) is 5.75 Å². The molecule has 0 heterocycles. The molecule has 1 atom stereocenters. The van der Waals surface area contributed by atoms with Crippen LogP contribution < -0.4 is 10.1 Å². The molecule has 0 aliphatic rings. The Kier molecular flexibility index (Phi) is 8.56. The highest BCUT2D eigenvalue weighted by Gasteiger charge is 2.34. The third-order valence-corrected chi connectivity index (χ3v) is 3.06. The summed E-state index contributed by atoms with van der Waals surface area (Å²) in [6.45, 7) is 3.17. The molecule has 1 rings (SSSR count). The molecule has 0 fully saturated rings. The summed E-state index contributed by atoms with van der Waals surface area (Å²) in [6, 6.07) is 4.80. The number of benzene rings is 1. The lowest BCUT2D eigenvalue weighted by Crippen LogP contribution is -2.37. The Morgan fingerprint density at radius 1 is 1.21 bits per heavy atom. The lowest BCUT2D eigenvalue weighted by Gasteiger charge is -2.18. The molecule has 1 aromatic rings. The van der Waals surface area contributed by atoms with Crippen LogP contribution in [0.5, 0.6) is 5.75 Å². The number of ether oxygens (including phenoxy) is 3. The van der Waals surface area contributed by atoms with Gasteiger partial charge in [-0.2, -0.15) is 13.2 Å². The molecule has 0 aliphatic carbocycles. The van der Waals surface area contributed by atoms with E-state index in [1.807, 2.05) is 0 Å². The maximum Gasteiger partial charge on any atom is 0.419 e. The fraction of sp³-hybridized carbons (Fsp3) is 0.562. The van der Waals surface area contributed by atoms with Gasteiger partial charge in [0.1, 0.15) is 5.75 Å². The lowest BCUT2D eigenvalue weighted by atomic mass is 10.2. The number of hydrogen-bond acceptors (Lipinski definition) is 4. The van der Waals surface area contributed by atoms with E-state index in [4.69, 9.17) is 14.2 Å². The first-order chi connectivity index (χ1) is 11.4. The number of halogens is 3. The zero-order valence-electron chi connectivity index (χ0n) is 13.7. The van der Waals surface area contributed by atoms with Crippen LogP contribution in [0, 0.1) is 0 Å². The summed E-state index contributed by atoms with van der Waals surface area (Å²) in [5.74, 6) is -0.848. The highest BCUT2D eigenvalue weighted by Crippen LogP contribution is 2.36. The predicted molar refractivity (Wildman–Crippen MR) is 81.9 cm³/mol. The predicted octanol–water partition coefficient (Wildman–Crippen LogP) is 2.64. The summed E-state index contributed by atoms with van der Waals surface area (Å²) in [5, 5.41) is 2.60. The first-order valence-corrected chi connectivity index (χ1v) is 7.53. The topological polar surface area (TPSA) is 56.8 Å². The molecular weight excluding hydrogens is 327 g/mol. The molecule has 24 heavy (non-hydrogen) atoms. The first kappa shape index (κ1) is 20.2. The molecule has 0 unspecified atom stereocenters. The quantitative estimate of drug-likeness (QED) is 0.660. The second kappa shape index (κ2) is 10.1. The van der Waals surface area contributed by atoms with E-state index in [2.05, 4.69) is 5.32 Å². The molecule has 0 aromatic heterocycles. The highest BCUT2D eigenvalue weighted by molar-refractivity contribution is 5.80. The van der Waals surface area contributed by atoms with Gasteiger partial charge in [0.25, 0.3) is 5.91 Å². The van der Waals surface area contributed by atoms with Crippen LogP contribution in [-0.2, 0) is 20.4 Å². The van der Waals surface area contributed by atoms with Gasteiger partial charge < -0.3 is 19.5 Å². The number of carbonyl (C=O) groups is 1. The molecule has 0 spiro atoms. The molecule has 1 amide bonds. The largest absolute Gasteiger partial charge is 0.480 e. The minimum Gasteiger partial charge on any atom is -0.480 e. The van der Waals surface area contributed by atoms with E-state index in [1.54, 1.807) is 7.11 Å². The van der Waals surface area contributed by atoms with Gasteiger partial charge in [-0.3, -0.25) is 4.79 Å². The van der Waals surface area contributed by atoms with Gasteiger partial charge in [0.15, 0.2) is 6.10 Å². The zero-order chi connectivity index (χ0) is 18.0. The molecular formula is C16H22F3NO4. The van der Waals surface area contributed by atoms with Crippen molar-refractivity contribution < 1.29 is 32.2 Å². The number of hydrogen-bond donors (Lipinski definition) is 1. The van der Waals surface area contributed by atoms with Gasteiger partial charge in [-0.05, 0) is 25.5 Å². The Balaban J connectivity index is 2.40. The second-order valence-electron chi connectivity index (χ2n) is 5.00. The van der Waals surface area contributed by atoms with Crippen molar-refractivity contribution in [1.82, 2.24) is 5.32 Å². The lowest BCUT2D eigenvalue weighted by molar-refractivity contribution is -0.140. The number of amides is 1. The van der Waals surface area contributed by atoms with Crippen molar-refractivity contribution in [2.75, 3.05) is 33.5 Å². The smallest absolute Gasteiger partial charge is 0.419 e. The molecule has 1 N–H and O–H groups in total. The third-order valence-electron chi connectivity index (χ3n) is 3.06. The van der Waals surface area contributed by atoms with Gasteiger partial charge >= 0.3 is 6.18 Å². The number of para-hydroxylation sites is 1. The van der Waals surface area contributed by atoms with Gasteiger partial charge in [-0.1, -0.05) is 12.1 Å². The zero-order valence-corrected chi connectivity index (χ0v) is 13.7. The van der Waals surface area contributed by atoms with Crippen molar-refractivity contribution in [2.24, 2.45) is 0 Å². The average molecular weight is 349 g/mol. The van der Waals surface area contributed by atoms with Crippen LogP contribution in [-0.4, -0.2) is 45.5 Å². The van der Waals surface area contributed by atoms with E-state index in [0.29, 0.717) is 32.8 Å². The van der Waals surface area contributed by atoms with Crippen LogP contribution in [0.15, 0.2) is 24.3 Å². The molecule has 0 aliphatic heterocycles. The van der Waals surface area contributed by atoms with Crippen molar-refractivity contribution in [3.63, 3.8) is 0 Å². The highest BCUT2D eigenvalue weighted by atomic mass is 19.4. The average Bonchev–Trinajstić information content (AvgIpc) is 2.53. The molecule has 136 valence electrons. The monoisotopic (exact) mass is 349 g/mol. The number of carbonyl (C=O) groups excluding carboxylic acids is 1. The summed E-state index contributed by atoms with van der Waals surface area (Å²) in [4.78, 5) is 11.9. The van der Waals surface area contributed by atoms with Gasteiger partial charge in [0, 0.05) is 20.3 Å². The normalized spacial score (nSPS) is 12.7. The maximum absolute atomic E-state index is 12.9. The Morgan fingerprint density at radius 2 is 1.92 bits per heavy atom. The van der Waals surface area contributed by atoms with E-state index >= 15 is 0 Å². The summed E-state index contributed by atoms with van der Waals surface area (Å²) < 4.78 is 53.8. The van der Waals surface area contributed by atoms with Crippen LogP contribution in [0.25, 0.3) is 0 Å². The molecule has 1 aromatic carbocycles. The van der Waals surface area contributed by atoms with E-state index in [1.165, 1.54) is 25.1 Å². The van der Waals surface area contributed by atoms with Gasteiger partial charge in [-0.15, -0.1) is 0 Å². The number of methoxy groups -OCH3 is 1. The Hall–Kier alpha value is -1.80. The van der Waals surface area contributed by atoms with E-state index < -0.39 is 23.8 Å². The molecule has 8 heteroatoms. The van der Waals surface area contributed by atoms with E-state index in [9.17, 15) is 18.0 Å².